The minimum atomic E-state index is -0.377. The number of benzene rings is 1. The Balaban J connectivity index is 0.00000242. The summed E-state index contributed by atoms with van der Waals surface area (Å²) in [6, 6.07) is 6.90. The first-order valence-electron chi connectivity index (χ1n) is 7.16. The van der Waals surface area contributed by atoms with E-state index in [1.165, 1.54) is 0 Å². The number of hydrogen-bond donors (Lipinski definition) is 3. The summed E-state index contributed by atoms with van der Waals surface area (Å²) >= 11 is 0. The van der Waals surface area contributed by atoms with Crippen molar-refractivity contribution in [1.82, 2.24) is 10.6 Å². The van der Waals surface area contributed by atoms with Crippen LogP contribution in [0.25, 0.3) is 0 Å². The van der Waals surface area contributed by atoms with Crippen LogP contribution >= 0.6 is 12.4 Å². The Bertz CT molecular complexity index is 505. The molecule has 0 spiro atoms. The average Bonchev–Trinajstić information content (AvgIpc) is 3.02. The molecule has 22 heavy (non-hydrogen) atoms. The maximum atomic E-state index is 12.0. The summed E-state index contributed by atoms with van der Waals surface area (Å²) in [5.41, 5.74) is 1.13. The standard InChI is InChI=1S/C15H21N3O3.ClH/c1-16-7-8-17-14(19)11-4-2-5-12(10-11)18-15(20)13-6-3-9-21-13;/h2,4-5,10,13,16H,3,6-9H2,1H3,(H,17,19)(H,18,20);1H. The van der Waals surface area contributed by atoms with Crippen LogP contribution in [-0.4, -0.2) is 44.7 Å². The van der Waals surface area contributed by atoms with Gasteiger partial charge in [0.2, 0.25) is 0 Å². The minimum Gasteiger partial charge on any atom is -0.368 e. The molecule has 1 aromatic carbocycles. The Morgan fingerprint density at radius 2 is 2.14 bits per heavy atom. The predicted octanol–water partition coefficient (Wildman–Crippen LogP) is 1.18. The molecule has 0 aliphatic carbocycles. The number of nitrogens with one attached hydrogen (secondary N) is 3. The molecule has 3 N–H and O–H groups in total. The quantitative estimate of drug-likeness (QED) is 0.685. The van der Waals surface area contributed by atoms with Gasteiger partial charge in [0.15, 0.2) is 0 Å². The fourth-order valence-corrected chi connectivity index (χ4v) is 2.15. The largest absolute Gasteiger partial charge is 0.368 e. The number of rotatable bonds is 6. The van der Waals surface area contributed by atoms with Gasteiger partial charge in [-0.3, -0.25) is 9.59 Å². The fraction of sp³-hybridized carbons (Fsp3) is 0.467. The Kier molecular flexibility index (Phi) is 7.87. The topological polar surface area (TPSA) is 79.5 Å². The van der Waals surface area contributed by atoms with Crippen molar-refractivity contribution in [1.29, 1.82) is 0 Å². The third-order valence-corrected chi connectivity index (χ3v) is 3.27. The van der Waals surface area contributed by atoms with Crippen LogP contribution in [0.1, 0.15) is 23.2 Å². The van der Waals surface area contributed by atoms with Crippen LogP contribution in [0.4, 0.5) is 5.69 Å². The molecule has 0 saturated carbocycles. The van der Waals surface area contributed by atoms with E-state index in [0.717, 1.165) is 12.8 Å². The molecule has 1 heterocycles. The van der Waals surface area contributed by atoms with Gasteiger partial charge in [-0.2, -0.15) is 0 Å². The minimum absolute atomic E-state index is 0. The predicted molar refractivity (Wildman–Crippen MR) is 87.6 cm³/mol. The van der Waals surface area contributed by atoms with Gasteiger partial charge in [-0.15, -0.1) is 12.4 Å². The zero-order valence-electron chi connectivity index (χ0n) is 12.6. The van der Waals surface area contributed by atoms with Gasteiger partial charge in [-0.1, -0.05) is 6.07 Å². The van der Waals surface area contributed by atoms with Gasteiger partial charge in [0.1, 0.15) is 6.10 Å². The molecule has 7 heteroatoms. The highest BCUT2D eigenvalue weighted by atomic mass is 35.5. The molecule has 1 aliphatic heterocycles. The molecule has 2 amide bonds. The lowest BCUT2D eigenvalue weighted by molar-refractivity contribution is -0.124. The molecular formula is C15H22ClN3O3. The molecule has 0 bridgehead atoms. The highest BCUT2D eigenvalue weighted by Gasteiger charge is 2.23. The fourth-order valence-electron chi connectivity index (χ4n) is 2.15. The first-order valence-corrected chi connectivity index (χ1v) is 7.16. The van der Waals surface area contributed by atoms with E-state index < -0.39 is 0 Å². The van der Waals surface area contributed by atoms with Crippen molar-refractivity contribution in [3.63, 3.8) is 0 Å². The van der Waals surface area contributed by atoms with Gasteiger partial charge >= 0.3 is 0 Å². The van der Waals surface area contributed by atoms with Gasteiger partial charge in [0.25, 0.3) is 11.8 Å². The number of amides is 2. The van der Waals surface area contributed by atoms with Crippen molar-refractivity contribution in [3.05, 3.63) is 29.8 Å². The second kappa shape index (κ2) is 9.40. The monoisotopic (exact) mass is 327 g/mol. The summed E-state index contributed by atoms with van der Waals surface area (Å²) in [7, 11) is 1.83. The summed E-state index contributed by atoms with van der Waals surface area (Å²) in [6.45, 7) is 1.90. The highest BCUT2D eigenvalue weighted by Crippen LogP contribution is 2.16. The van der Waals surface area contributed by atoms with Crippen molar-refractivity contribution in [2.45, 2.75) is 18.9 Å². The lowest BCUT2D eigenvalue weighted by Crippen LogP contribution is -2.30. The molecule has 1 fully saturated rings. The van der Waals surface area contributed by atoms with E-state index in [-0.39, 0.29) is 30.3 Å². The van der Waals surface area contributed by atoms with Crippen LogP contribution in [0.15, 0.2) is 24.3 Å². The maximum absolute atomic E-state index is 12.0. The first kappa shape index (κ1) is 18.4. The zero-order chi connectivity index (χ0) is 15.1. The van der Waals surface area contributed by atoms with E-state index in [4.69, 9.17) is 4.74 Å². The molecule has 1 aromatic rings. The SMILES string of the molecule is CNCCNC(=O)c1cccc(NC(=O)C2CCCO2)c1.Cl. The summed E-state index contributed by atoms with van der Waals surface area (Å²) in [5, 5.41) is 8.54. The number of carbonyl (C=O) groups is 2. The Labute approximate surface area is 136 Å². The number of hydrogen-bond acceptors (Lipinski definition) is 4. The van der Waals surface area contributed by atoms with Gasteiger partial charge in [-0.25, -0.2) is 0 Å². The molecule has 1 atom stereocenters. The van der Waals surface area contributed by atoms with Crippen molar-refractivity contribution in [3.8, 4) is 0 Å². The van der Waals surface area contributed by atoms with E-state index in [0.29, 0.717) is 30.9 Å². The Hall–Kier alpha value is -1.63. The van der Waals surface area contributed by atoms with Crippen LogP contribution in [0, 0.1) is 0 Å². The lowest BCUT2D eigenvalue weighted by Gasteiger charge is -2.11. The Morgan fingerprint density at radius 3 is 2.82 bits per heavy atom. The van der Waals surface area contributed by atoms with Crippen molar-refractivity contribution >= 4 is 29.9 Å². The molecule has 0 radical (unpaired) electrons. The van der Waals surface area contributed by atoms with Crippen molar-refractivity contribution in [2.24, 2.45) is 0 Å². The summed E-state index contributed by atoms with van der Waals surface area (Å²) in [6.07, 6.45) is 1.28. The van der Waals surface area contributed by atoms with E-state index >= 15 is 0 Å². The smallest absolute Gasteiger partial charge is 0.253 e. The molecular weight excluding hydrogens is 306 g/mol. The first-order chi connectivity index (χ1) is 10.2. The van der Waals surface area contributed by atoms with E-state index in [1.54, 1.807) is 24.3 Å². The lowest BCUT2D eigenvalue weighted by atomic mass is 10.1. The summed E-state index contributed by atoms with van der Waals surface area (Å²) < 4.78 is 5.33. The van der Waals surface area contributed by atoms with E-state index in [1.807, 2.05) is 7.05 Å². The third kappa shape index (κ3) is 5.29. The molecule has 1 aliphatic rings. The van der Waals surface area contributed by atoms with Crippen LogP contribution in [-0.2, 0) is 9.53 Å². The number of halogens is 1. The molecule has 1 saturated heterocycles. The second-order valence-electron chi connectivity index (χ2n) is 4.93. The third-order valence-electron chi connectivity index (χ3n) is 3.27. The van der Waals surface area contributed by atoms with Crippen LogP contribution in [0.3, 0.4) is 0 Å². The van der Waals surface area contributed by atoms with E-state index in [9.17, 15) is 9.59 Å². The number of likely N-dealkylation sites (N-methyl/N-ethyl adjacent to an activating group) is 1. The van der Waals surface area contributed by atoms with Crippen LogP contribution in [0.2, 0.25) is 0 Å². The maximum Gasteiger partial charge on any atom is 0.253 e. The van der Waals surface area contributed by atoms with E-state index in [2.05, 4.69) is 16.0 Å². The van der Waals surface area contributed by atoms with Gasteiger partial charge in [-0.05, 0) is 38.1 Å². The van der Waals surface area contributed by atoms with Gasteiger partial charge in [0, 0.05) is 30.9 Å². The normalized spacial score (nSPS) is 16.7. The molecule has 0 aromatic heterocycles. The number of anilines is 1. The Morgan fingerprint density at radius 1 is 1.32 bits per heavy atom. The summed E-state index contributed by atoms with van der Waals surface area (Å²) in [5.74, 6) is -0.307. The van der Waals surface area contributed by atoms with Crippen LogP contribution < -0.4 is 16.0 Å². The van der Waals surface area contributed by atoms with Crippen molar-refractivity contribution < 1.29 is 14.3 Å². The van der Waals surface area contributed by atoms with Gasteiger partial charge < -0.3 is 20.7 Å². The molecule has 122 valence electrons. The number of carbonyl (C=O) groups excluding carboxylic acids is 2. The zero-order valence-corrected chi connectivity index (χ0v) is 13.4. The van der Waals surface area contributed by atoms with Gasteiger partial charge in [0.05, 0.1) is 0 Å². The molecule has 6 nitrogen and oxygen atoms in total. The number of ether oxygens (including phenoxy) is 1. The second-order valence-corrected chi connectivity index (χ2v) is 4.93. The highest BCUT2D eigenvalue weighted by molar-refractivity contribution is 5.98. The van der Waals surface area contributed by atoms with Crippen molar-refractivity contribution in [2.75, 3.05) is 32.1 Å². The molecule has 1 unspecified atom stereocenters. The van der Waals surface area contributed by atoms with Crippen LogP contribution in [0.5, 0.6) is 0 Å². The average molecular weight is 328 g/mol. The summed E-state index contributed by atoms with van der Waals surface area (Å²) in [4.78, 5) is 23.9. The molecule has 2 rings (SSSR count).